The molecule has 34 heavy (non-hydrogen) atoms. The van der Waals surface area contributed by atoms with Crippen molar-refractivity contribution in [2.24, 2.45) is 33.2 Å². The smallest absolute Gasteiger partial charge is 0.166 e. The van der Waals surface area contributed by atoms with Crippen LogP contribution in [0.1, 0.15) is 19.8 Å². The van der Waals surface area contributed by atoms with Crippen LogP contribution >= 0.6 is 0 Å². The van der Waals surface area contributed by atoms with Gasteiger partial charge in [0.15, 0.2) is 5.78 Å². The lowest BCUT2D eigenvalue weighted by Gasteiger charge is -2.40. The average molecular weight is 474 g/mol. The standard InChI is InChI=1S/C25H36FN5O3/c1-5-8-20(26)18-10-11-22(31(4)14-13-30(3)12-7-15-32)25(21-16-27-29-28-21)24(18)19(17-33)23(34)9-6-2/h5-6,9-11,17,19-20,24-25,32H,1,7-8,12-16H2,2-4H3/b9-6+. The molecule has 9 heteroatoms. The van der Waals surface area contributed by atoms with Gasteiger partial charge < -0.3 is 19.7 Å². The van der Waals surface area contributed by atoms with Gasteiger partial charge in [-0.15, -0.1) is 11.7 Å². The molecule has 4 unspecified atom stereocenters. The van der Waals surface area contributed by atoms with Gasteiger partial charge in [-0.25, -0.2) is 4.39 Å². The van der Waals surface area contributed by atoms with E-state index in [0.717, 1.165) is 18.8 Å². The summed E-state index contributed by atoms with van der Waals surface area (Å²) in [6.07, 6.45) is 7.98. The number of nitrogens with zero attached hydrogens (tertiary/aromatic N) is 5. The molecular weight excluding hydrogens is 437 g/mol. The van der Waals surface area contributed by atoms with Gasteiger partial charge in [0.05, 0.1) is 11.6 Å². The number of allylic oxidation sites excluding steroid dienone is 7. The van der Waals surface area contributed by atoms with E-state index in [0.29, 0.717) is 30.5 Å². The molecule has 2 rings (SSSR count). The molecule has 0 radical (unpaired) electrons. The number of carbonyl (C=O) groups excluding carboxylic acids is 2. The monoisotopic (exact) mass is 473 g/mol. The van der Waals surface area contributed by atoms with Crippen molar-refractivity contribution in [2.75, 3.05) is 46.9 Å². The molecule has 0 aromatic heterocycles. The highest BCUT2D eigenvalue weighted by Crippen LogP contribution is 2.42. The molecule has 1 aliphatic carbocycles. The van der Waals surface area contributed by atoms with E-state index >= 15 is 4.39 Å². The lowest BCUT2D eigenvalue weighted by Crippen LogP contribution is -2.44. The van der Waals surface area contributed by atoms with Crippen LogP contribution in [0.3, 0.4) is 0 Å². The maximum Gasteiger partial charge on any atom is 0.166 e. The topological polar surface area (TPSA) is 97.9 Å². The summed E-state index contributed by atoms with van der Waals surface area (Å²) in [5.74, 6) is -2.70. The van der Waals surface area contributed by atoms with Gasteiger partial charge >= 0.3 is 0 Å². The molecule has 0 aromatic carbocycles. The van der Waals surface area contributed by atoms with Crippen LogP contribution in [0.25, 0.3) is 0 Å². The van der Waals surface area contributed by atoms with Crippen molar-refractivity contribution in [3.05, 3.63) is 48.2 Å². The Labute approximate surface area is 201 Å². The van der Waals surface area contributed by atoms with E-state index in [2.05, 4.69) is 26.9 Å². The second kappa shape index (κ2) is 13.8. The molecule has 8 nitrogen and oxygen atoms in total. The van der Waals surface area contributed by atoms with Gasteiger partial charge in [0, 0.05) is 57.2 Å². The van der Waals surface area contributed by atoms with Crippen LogP contribution in [0.15, 0.2) is 63.7 Å². The lowest BCUT2D eigenvalue weighted by molar-refractivity contribution is -0.125. The number of hydrogen-bond donors (Lipinski definition) is 1. The van der Waals surface area contributed by atoms with Crippen molar-refractivity contribution in [2.45, 2.75) is 25.9 Å². The first-order valence-electron chi connectivity index (χ1n) is 11.6. The fourth-order valence-corrected chi connectivity index (χ4v) is 4.42. The summed E-state index contributed by atoms with van der Waals surface area (Å²) in [6, 6.07) is 0. The number of halogens is 1. The maximum absolute atomic E-state index is 15.3. The van der Waals surface area contributed by atoms with Crippen LogP contribution in [-0.4, -0.2) is 85.7 Å². The molecule has 186 valence electrons. The lowest BCUT2D eigenvalue weighted by atomic mass is 9.68. The number of rotatable bonds is 15. The highest BCUT2D eigenvalue weighted by atomic mass is 19.1. The molecule has 0 bridgehead atoms. The molecule has 0 saturated heterocycles. The second-order valence-electron chi connectivity index (χ2n) is 8.60. The molecular formula is C25H36FN5O3. The number of aldehydes is 1. The third-order valence-corrected chi connectivity index (χ3v) is 6.22. The fraction of sp³-hybridized carbons (Fsp3) is 0.560. The molecule has 0 fully saturated rings. The van der Waals surface area contributed by atoms with Crippen molar-refractivity contribution >= 4 is 17.8 Å². The normalized spacial score (nSPS) is 21.8. The quantitative estimate of drug-likeness (QED) is 0.171. The van der Waals surface area contributed by atoms with E-state index in [1.165, 1.54) is 12.2 Å². The summed E-state index contributed by atoms with van der Waals surface area (Å²) in [7, 11) is 3.91. The Morgan fingerprint density at radius 2 is 2.09 bits per heavy atom. The molecule has 0 spiro atoms. The van der Waals surface area contributed by atoms with Crippen LogP contribution in [0.2, 0.25) is 0 Å². The Kier molecular flexibility index (Phi) is 11.2. The minimum atomic E-state index is -1.38. The van der Waals surface area contributed by atoms with Crippen LogP contribution < -0.4 is 0 Å². The largest absolute Gasteiger partial charge is 0.396 e. The van der Waals surface area contributed by atoms with Gasteiger partial charge in [-0.05, 0) is 43.3 Å². The van der Waals surface area contributed by atoms with E-state index in [-0.39, 0.29) is 25.4 Å². The molecule has 4 atom stereocenters. The molecule has 1 N–H and O–H groups in total. The molecule has 1 aliphatic heterocycles. The van der Waals surface area contributed by atoms with E-state index in [1.807, 2.05) is 25.1 Å². The first kappa shape index (κ1) is 27.5. The molecule has 1 heterocycles. The van der Waals surface area contributed by atoms with Crippen LogP contribution in [0.5, 0.6) is 0 Å². The highest BCUT2D eigenvalue weighted by Gasteiger charge is 2.44. The van der Waals surface area contributed by atoms with Crippen molar-refractivity contribution in [1.29, 1.82) is 0 Å². The summed E-state index contributed by atoms with van der Waals surface area (Å²) in [5.41, 5.74) is 1.82. The van der Waals surface area contributed by atoms with Crippen LogP contribution in [-0.2, 0) is 9.59 Å². The number of aliphatic hydroxyl groups is 1. The number of alkyl halides is 1. The minimum absolute atomic E-state index is 0.0777. The van der Waals surface area contributed by atoms with Crippen LogP contribution in [0.4, 0.5) is 4.39 Å². The number of hydrogen-bond acceptors (Lipinski definition) is 8. The average Bonchev–Trinajstić information content (AvgIpc) is 3.36. The van der Waals surface area contributed by atoms with Gasteiger partial charge in [-0.2, -0.15) is 5.11 Å². The van der Waals surface area contributed by atoms with E-state index < -0.39 is 23.9 Å². The molecule has 2 aliphatic rings. The third kappa shape index (κ3) is 6.87. The van der Waals surface area contributed by atoms with Crippen molar-refractivity contribution in [3.63, 3.8) is 0 Å². The van der Waals surface area contributed by atoms with Gasteiger partial charge in [-0.3, -0.25) is 4.79 Å². The summed E-state index contributed by atoms with van der Waals surface area (Å²) >= 11 is 0. The number of ketones is 1. The van der Waals surface area contributed by atoms with Crippen molar-refractivity contribution in [1.82, 2.24) is 9.80 Å². The Balaban J connectivity index is 2.48. The summed E-state index contributed by atoms with van der Waals surface area (Å²) in [6.45, 7) is 7.87. The second-order valence-corrected chi connectivity index (χ2v) is 8.60. The number of carbonyl (C=O) groups is 2. The number of aliphatic hydroxyl groups excluding tert-OH is 1. The van der Waals surface area contributed by atoms with Crippen molar-refractivity contribution in [3.8, 4) is 0 Å². The van der Waals surface area contributed by atoms with Crippen LogP contribution in [0, 0.1) is 17.8 Å². The van der Waals surface area contributed by atoms with E-state index in [4.69, 9.17) is 5.11 Å². The maximum atomic E-state index is 15.3. The van der Waals surface area contributed by atoms with Gasteiger partial charge in [-0.1, -0.05) is 18.2 Å². The Morgan fingerprint density at radius 3 is 2.68 bits per heavy atom. The predicted octanol–water partition coefficient (Wildman–Crippen LogP) is 2.99. The Morgan fingerprint density at radius 1 is 1.32 bits per heavy atom. The van der Waals surface area contributed by atoms with Gasteiger partial charge in [0.25, 0.3) is 0 Å². The zero-order valence-electron chi connectivity index (χ0n) is 20.3. The van der Waals surface area contributed by atoms with E-state index in [9.17, 15) is 9.59 Å². The van der Waals surface area contributed by atoms with Crippen molar-refractivity contribution < 1.29 is 19.1 Å². The highest BCUT2D eigenvalue weighted by molar-refractivity contribution is 6.03. The zero-order chi connectivity index (χ0) is 25.1. The minimum Gasteiger partial charge on any atom is -0.396 e. The van der Waals surface area contributed by atoms with E-state index in [1.54, 1.807) is 19.1 Å². The first-order chi connectivity index (χ1) is 16.4. The molecule has 0 aromatic rings. The Hall–Kier alpha value is -2.78. The number of likely N-dealkylation sites (N-methyl/N-ethyl adjacent to an activating group) is 2. The Bertz CT molecular complexity index is 880. The molecule has 0 saturated carbocycles. The zero-order valence-corrected chi connectivity index (χ0v) is 20.3. The van der Waals surface area contributed by atoms with Gasteiger partial charge in [0.2, 0.25) is 0 Å². The SMILES string of the molecule is C=CCC(F)C1=CC=C(N(C)CCN(C)CCCO)C(C2=NN=NC2)C1C(C=O)C(=O)/C=C/C. The summed E-state index contributed by atoms with van der Waals surface area (Å²) in [5, 5.41) is 21.0. The third-order valence-electron chi connectivity index (χ3n) is 6.22. The predicted molar refractivity (Wildman–Crippen MR) is 131 cm³/mol. The van der Waals surface area contributed by atoms with Gasteiger partial charge in [0.1, 0.15) is 19.0 Å². The molecule has 0 amide bonds. The summed E-state index contributed by atoms with van der Waals surface area (Å²) in [4.78, 5) is 29.3. The first-order valence-corrected chi connectivity index (χ1v) is 11.6. The summed E-state index contributed by atoms with van der Waals surface area (Å²) < 4.78 is 15.3. The fourth-order valence-electron chi connectivity index (χ4n) is 4.42.